The normalized spacial score (nSPS) is 30.3. The summed E-state index contributed by atoms with van der Waals surface area (Å²) in [5.41, 5.74) is 0.179. The summed E-state index contributed by atoms with van der Waals surface area (Å²) in [4.78, 5) is 33.1. The fourth-order valence-corrected chi connectivity index (χ4v) is 3.99. The van der Waals surface area contributed by atoms with E-state index in [1.165, 1.54) is 12.2 Å². The molecule has 1 aromatic rings. The molecule has 2 fully saturated rings. The van der Waals surface area contributed by atoms with Crippen molar-refractivity contribution in [2.75, 3.05) is 27.3 Å². The molecule has 1 amide bonds. The molecule has 2 aliphatic rings. The minimum atomic E-state index is -0.842. The van der Waals surface area contributed by atoms with Crippen LogP contribution < -0.4 is 0 Å². The Morgan fingerprint density at radius 1 is 1.24 bits per heavy atom. The molecule has 0 radical (unpaired) electrons. The van der Waals surface area contributed by atoms with Gasteiger partial charge < -0.3 is 4.74 Å². The lowest BCUT2D eigenvalue weighted by Crippen LogP contribution is -2.47. The Morgan fingerprint density at radius 2 is 1.96 bits per heavy atom. The van der Waals surface area contributed by atoms with Crippen molar-refractivity contribution in [1.82, 2.24) is 9.96 Å². The van der Waals surface area contributed by atoms with E-state index in [0.29, 0.717) is 19.6 Å². The van der Waals surface area contributed by atoms with E-state index in [1.54, 1.807) is 0 Å². The maximum Gasteiger partial charge on any atom is 0.326 e. The largest absolute Gasteiger partial charge is 0.468 e. The average molecular weight is 346 g/mol. The Bertz CT molecular complexity index is 630. The second kappa shape index (κ2) is 7.14. The first-order chi connectivity index (χ1) is 12.0. The van der Waals surface area contributed by atoms with Crippen molar-refractivity contribution >= 4 is 11.9 Å². The monoisotopic (exact) mass is 346 g/mol. The summed E-state index contributed by atoms with van der Waals surface area (Å²) in [5, 5.41) is 1.49. The summed E-state index contributed by atoms with van der Waals surface area (Å²) in [7, 11) is 3.28. The maximum absolute atomic E-state index is 13.2. The molecule has 3 rings (SSSR count). The number of methoxy groups -OCH3 is 1. The third-order valence-corrected chi connectivity index (χ3v) is 5.53. The van der Waals surface area contributed by atoms with Crippen LogP contribution in [0.5, 0.6) is 0 Å². The molecule has 0 bridgehead atoms. The van der Waals surface area contributed by atoms with Crippen LogP contribution in [0.25, 0.3) is 0 Å². The number of ether oxygens (including phenoxy) is 1. The molecule has 2 saturated heterocycles. The molecule has 0 spiro atoms. The number of amides is 1. The maximum atomic E-state index is 13.2. The van der Waals surface area contributed by atoms with Gasteiger partial charge in [0.2, 0.25) is 0 Å². The number of carbonyl (C=O) groups excluding carboxylic acids is 2. The van der Waals surface area contributed by atoms with Gasteiger partial charge in [-0.15, -0.1) is 0 Å². The van der Waals surface area contributed by atoms with Gasteiger partial charge in [0.05, 0.1) is 19.6 Å². The predicted molar refractivity (Wildman–Crippen MR) is 92.4 cm³/mol. The molecule has 25 heavy (non-hydrogen) atoms. The number of carbonyl (C=O) groups is 2. The first-order valence-corrected chi connectivity index (χ1v) is 8.79. The Balaban J connectivity index is 1.95. The van der Waals surface area contributed by atoms with E-state index in [1.807, 2.05) is 49.2 Å². The van der Waals surface area contributed by atoms with Gasteiger partial charge in [-0.2, -0.15) is 0 Å². The van der Waals surface area contributed by atoms with Crippen molar-refractivity contribution in [2.45, 2.75) is 37.8 Å². The fraction of sp³-hybridized carbons (Fsp3) is 0.579. The van der Waals surface area contributed by atoms with E-state index in [2.05, 4.69) is 0 Å². The molecule has 0 saturated carbocycles. The van der Waals surface area contributed by atoms with E-state index in [9.17, 15) is 9.59 Å². The number of esters is 1. The lowest BCUT2D eigenvalue weighted by molar-refractivity contribution is -0.202. The van der Waals surface area contributed by atoms with Gasteiger partial charge in [-0.1, -0.05) is 30.3 Å². The highest BCUT2D eigenvalue weighted by Gasteiger charge is 2.55. The van der Waals surface area contributed by atoms with Crippen LogP contribution in [0, 0.1) is 5.92 Å². The van der Waals surface area contributed by atoms with Crippen LogP contribution in [0.3, 0.4) is 0 Å². The summed E-state index contributed by atoms with van der Waals surface area (Å²) in [5.74, 6) is -0.714. The average Bonchev–Trinajstić information content (AvgIpc) is 2.94. The van der Waals surface area contributed by atoms with Crippen LogP contribution in [0.15, 0.2) is 30.3 Å². The Labute approximate surface area is 148 Å². The number of nitrogens with zero attached hydrogens (tertiary/aromatic N) is 2. The number of hydroxylamine groups is 2. The Kier molecular flexibility index (Phi) is 5.11. The first kappa shape index (κ1) is 17.9. The second-order valence-corrected chi connectivity index (χ2v) is 7.02. The SMILES string of the molecule is COC(=O)[C@]1(C)C[C@H](C(=O)N2CCCCO2)[C@H](c2ccccc2)N1C. The van der Waals surface area contributed by atoms with Gasteiger partial charge in [0, 0.05) is 12.6 Å². The topological polar surface area (TPSA) is 59.1 Å². The molecule has 0 aromatic heterocycles. The quantitative estimate of drug-likeness (QED) is 0.785. The molecule has 0 N–H and O–H groups in total. The van der Waals surface area contributed by atoms with E-state index in [4.69, 9.17) is 9.57 Å². The molecule has 2 heterocycles. The van der Waals surface area contributed by atoms with Crippen LogP contribution in [0.1, 0.15) is 37.8 Å². The lowest BCUT2D eigenvalue weighted by Gasteiger charge is -2.33. The van der Waals surface area contributed by atoms with E-state index >= 15 is 0 Å². The molecule has 0 unspecified atom stereocenters. The Hall–Kier alpha value is -1.92. The van der Waals surface area contributed by atoms with Gasteiger partial charge in [0.25, 0.3) is 5.91 Å². The molecule has 1 aromatic carbocycles. The lowest BCUT2D eigenvalue weighted by atomic mass is 9.89. The fourth-order valence-electron chi connectivity index (χ4n) is 3.99. The second-order valence-electron chi connectivity index (χ2n) is 7.02. The van der Waals surface area contributed by atoms with Gasteiger partial charge >= 0.3 is 5.97 Å². The summed E-state index contributed by atoms with van der Waals surface area (Å²) < 4.78 is 5.03. The molecule has 6 heteroatoms. The zero-order valence-corrected chi connectivity index (χ0v) is 15.1. The van der Waals surface area contributed by atoms with Crippen LogP contribution in [0.4, 0.5) is 0 Å². The van der Waals surface area contributed by atoms with Gasteiger partial charge in [-0.3, -0.25) is 19.3 Å². The van der Waals surface area contributed by atoms with Gasteiger partial charge in [0.15, 0.2) is 0 Å². The third kappa shape index (κ3) is 3.16. The molecular weight excluding hydrogens is 320 g/mol. The standard InChI is InChI=1S/C19H26N2O4/c1-19(18(23)24-3)13-15(17(22)21-11-7-8-12-25-21)16(20(19)2)14-9-5-4-6-10-14/h4-6,9-10,15-16H,7-8,11-13H2,1-3H3/t15-,16-,19-/m0/s1. The predicted octanol–water partition coefficient (Wildman–Crippen LogP) is 2.17. The third-order valence-electron chi connectivity index (χ3n) is 5.53. The molecule has 3 atom stereocenters. The van der Waals surface area contributed by atoms with Crippen LogP contribution in [-0.4, -0.2) is 54.7 Å². The number of likely N-dealkylation sites (N-methyl/N-ethyl adjacent to an activating group) is 1. The minimum absolute atomic E-state index is 0.0481. The zero-order valence-electron chi connectivity index (χ0n) is 15.1. The first-order valence-electron chi connectivity index (χ1n) is 8.79. The summed E-state index contributed by atoms with van der Waals surface area (Å²) in [6, 6.07) is 9.67. The van der Waals surface area contributed by atoms with Crippen LogP contribution in [0.2, 0.25) is 0 Å². The number of likely N-dealkylation sites (tertiary alicyclic amines) is 1. The van der Waals surface area contributed by atoms with Gasteiger partial charge in [-0.05, 0) is 38.8 Å². The molecular formula is C19H26N2O4. The summed E-state index contributed by atoms with van der Waals surface area (Å²) >= 11 is 0. The highest BCUT2D eigenvalue weighted by Crippen LogP contribution is 2.47. The van der Waals surface area contributed by atoms with E-state index in [0.717, 1.165) is 18.4 Å². The number of rotatable bonds is 3. The smallest absolute Gasteiger partial charge is 0.326 e. The number of hydrogen-bond donors (Lipinski definition) is 0. The van der Waals surface area contributed by atoms with Crippen molar-refractivity contribution in [3.05, 3.63) is 35.9 Å². The van der Waals surface area contributed by atoms with E-state index in [-0.39, 0.29) is 23.8 Å². The zero-order chi connectivity index (χ0) is 18.0. The summed E-state index contributed by atoms with van der Waals surface area (Å²) in [6.07, 6.45) is 2.32. The van der Waals surface area contributed by atoms with Crippen molar-refractivity contribution in [3.8, 4) is 0 Å². The van der Waals surface area contributed by atoms with Crippen LogP contribution >= 0.6 is 0 Å². The molecule has 6 nitrogen and oxygen atoms in total. The highest BCUT2D eigenvalue weighted by atomic mass is 16.7. The van der Waals surface area contributed by atoms with Crippen molar-refractivity contribution in [3.63, 3.8) is 0 Å². The number of hydrogen-bond acceptors (Lipinski definition) is 5. The van der Waals surface area contributed by atoms with Crippen LogP contribution in [-0.2, 0) is 19.2 Å². The Morgan fingerprint density at radius 3 is 2.56 bits per heavy atom. The van der Waals surface area contributed by atoms with E-state index < -0.39 is 5.54 Å². The van der Waals surface area contributed by atoms with Crippen molar-refractivity contribution in [2.24, 2.45) is 5.92 Å². The summed E-state index contributed by atoms with van der Waals surface area (Å²) in [6.45, 7) is 3.02. The van der Waals surface area contributed by atoms with Crippen molar-refractivity contribution in [1.29, 1.82) is 0 Å². The van der Waals surface area contributed by atoms with Gasteiger partial charge in [0.1, 0.15) is 5.54 Å². The number of benzene rings is 1. The minimum Gasteiger partial charge on any atom is -0.468 e. The van der Waals surface area contributed by atoms with Gasteiger partial charge in [-0.25, -0.2) is 5.06 Å². The molecule has 0 aliphatic carbocycles. The molecule has 2 aliphatic heterocycles. The van der Waals surface area contributed by atoms with Crippen molar-refractivity contribution < 1.29 is 19.2 Å². The highest BCUT2D eigenvalue weighted by molar-refractivity contribution is 5.85. The molecule has 136 valence electrons.